The van der Waals surface area contributed by atoms with E-state index in [0.29, 0.717) is 31.3 Å². The van der Waals surface area contributed by atoms with Gasteiger partial charge in [0, 0.05) is 39.8 Å². The average molecular weight is 342 g/mol. The summed E-state index contributed by atoms with van der Waals surface area (Å²) < 4.78 is 34.7. The van der Waals surface area contributed by atoms with Crippen LogP contribution in [0, 0.1) is 0 Å². The Morgan fingerprint density at radius 3 is 2.92 bits per heavy atom. The minimum absolute atomic E-state index is 0.179. The molecule has 2 N–H and O–H groups in total. The fourth-order valence-corrected chi connectivity index (χ4v) is 2.67. The van der Waals surface area contributed by atoms with Crippen LogP contribution in [0.3, 0.4) is 0 Å². The van der Waals surface area contributed by atoms with Crippen LogP contribution in [0.15, 0.2) is 29.3 Å². The number of anilines is 1. The first-order chi connectivity index (χ1) is 11.6. The number of nitrogens with one attached hydrogen (secondary N) is 2. The predicted octanol–water partition coefficient (Wildman–Crippen LogP) is 1.68. The van der Waals surface area contributed by atoms with Crippen molar-refractivity contribution in [1.82, 2.24) is 10.6 Å². The van der Waals surface area contributed by atoms with E-state index in [1.165, 1.54) is 0 Å². The molecule has 1 aliphatic heterocycles. The summed E-state index contributed by atoms with van der Waals surface area (Å²) in [5.41, 5.74) is 0.685. The molecule has 0 bridgehead atoms. The molecule has 1 saturated heterocycles. The summed E-state index contributed by atoms with van der Waals surface area (Å²) in [6.45, 7) is -0.121. The van der Waals surface area contributed by atoms with E-state index in [0.717, 1.165) is 13.0 Å². The van der Waals surface area contributed by atoms with Crippen LogP contribution in [-0.4, -0.2) is 59.0 Å². The minimum atomic E-state index is -2.83. The molecule has 1 aromatic rings. The number of aliphatic imine (C=N–C) groups is 1. The number of hydrogen-bond donors (Lipinski definition) is 2. The molecule has 1 unspecified atom stereocenters. The van der Waals surface area contributed by atoms with Crippen molar-refractivity contribution < 1.29 is 18.3 Å². The van der Waals surface area contributed by atoms with Crippen LogP contribution in [0.1, 0.15) is 6.42 Å². The van der Waals surface area contributed by atoms with Crippen molar-refractivity contribution in [3.63, 3.8) is 0 Å². The van der Waals surface area contributed by atoms with E-state index in [1.54, 1.807) is 32.4 Å². The SMILES string of the molecule is CN=C(NCCOC)NC1CCN(c2ccccc2OC(F)F)C1. The molecule has 134 valence electrons. The fourth-order valence-electron chi connectivity index (χ4n) is 2.67. The maximum atomic E-state index is 12.5. The van der Waals surface area contributed by atoms with E-state index < -0.39 is 6.61 Å². The number of guanidine groups is 1. The third-order valence-electron chi connectivity index (χ3n) is 3.77. The zero-order valence-electron chi connectivity index (χ0n) is 14.0. The van der Waals surface area contributed by atoms with Gasteiger partial charge in [0.05, 0.1) is 12.3 Å². The van der Waals surface area contributed by atoms with Gasteiger partial charge in [0.2, 0.25) is 0 Å². The molecule has 1 fully saturated rings. The largest absolute Gasteiger partial charge is 0.433 e. The molecule has 0 aromatic heterocycles. The summed E-state index contributed by atoms with van der Waals surface area (Å²) >= 11 is 0. The number of benzene rings is 1. The van der Waals surface area contributed by atoms with Crippen molar-refractivity contribution in [2.75, 3.05) is 45.3 Å². The highest BCUT2D eigenvalue weighted by Gasteiger charge is 2.25. The molecular weight excluding hydrogens is 318 g/mol. The number of hydrogen-bond acceptors (Lipinski definition) is 4. The van der Waals surface area contributed by atoms with Crippen LogP contribution in [0.25, 0.3) is 0 Å². The minimum Gasteiger partial charge on any atom is -0.433 e. The zero-order valence-corrected chi connectivity index (χ0v) is 14.0. The number of methoxy groups -OCH3 is 1. The Morgan fingerprint density at radius 2 is 2.21 bits per heavy atom. The summed E-state index contributed by atoms with van der Waals surface area (Å²) in [6.07, 6.45) is 0.883. The molecule has 6 nitrogen and oxygen atoms in total. The zero-order chi connectivity index (χ0) is 17.4. The Morgan fingerprint density at radius 1 is 1.42 bits per heavy atom. The van der Waals surface area contributed by atoms with Crippen LogP contribution >= 0.6 is 0 Å². The Kier molecular flexibility index (Phi) is 7.05. The van der Waals surface area contributed by atoms with Gasteiger partial charge in [0.15, 0.2) is 5.96 Å². The number of halogens is 2. The molecule has 24 heavy (non-hydrogen) atoms. The first kappa shape index (κ1) is 18.3. The van der Waals surface area contributed by atoms with E-state index in [1.807, 2.05) is 11.0 Å². The van der Waals surface area contributed by atoms with Crippen LogP contribution in [0.4, 0.5) is 14.5 Å². The maximum absolute atomic E-state index is 12.5. The van der Waals surface area contributed by atoms with Gasteiger partial charge in [-0.2, -0.15) is 8.78 Å². The second-order valence-corrected chi connectivity index (χ2v) is 5.41. The molecule has 0 radical (unpaired) electrons. The first-order valence-electron chi connectivity index (χ1n) is 7.89. The Labute approximate surface area is 140 Å². The van der Waals surface area contributed by atoms with E-state index in [2.05, 4.69) is 20.4 Å². The second-order valence-electron chi connectivity index (χ2n) is 5.41. The number of para-hydroxylation sites is 2. The summed E-state index contributed by atoms with van der Waals surface area (Å²) in [4.78, 5) is 6.21. The van der Waals surface area contributed by atoms with Gasteiger partial charge in [-0.3, -0.25) is 4.99 Å². The van der Waals surface area contributed by atoms with Crippen LogP contribution in [0.2, 0.25) is 0 Å². The standard InChI is InChI=1S/C16H24F2N4O2/c1-19-16(20-8-10-23-2)21-12-7-9-22(11-12)13-5-3-4-6-14(13)24-15(17)18/h3-6,12,15H,7-11H2,1-2H3,(H2,19,20,21). The molecular formula is C16H24F2N4O2. The highest BCUT2D eigenvalue weighted by molar-refractivity contribution is 5.80. The predicted molar refractivity (Wildman–Crippen MR) is 90.1 cm³/mol. The lowest BCUT2D eigenvalue weighted by molar-refractivity contribution is -0.0495. The summed E-state index contributed by atoms with van der Waals surface area (Å²) in [7, 11) is 3.35. The topological polar surface area (TPSA) is 58.1 Å². The number of alkyl halides is 2. The Hall–Kier alpha value is -2.09. The quantitative estimate of drug-likeness (QED) is 0.449. The van der Waals surface area contributed by atoms with Crippen molar-refractivity contribution in [2.24, 2.45) is 4.99 Å². The monoisotopic (exact) mass is 342 g/mol. The van der Waals surface area contributed by atoms with Crippen LogP contribution in [-0.2, 0) is 4.74 Å². The normalized spacial score (nSPS) is 18.1. The lowest BCUT2D eigenvalue weighted by atomic mass is 10.2. The first-order valence-corrected chi connectivity index (χ1v) is 7.89. The Balaban J connectivity index is 1.93. The van der Waals surface area contributed by atoms with Crippen LogP contribution in [0.5, 0.6) is 5.75 Å². The molecule has 0 spiro atoms. The van der Waals surface area contributed by atoms with E-state index in [-0.39, 0.29) is 11.8 Å². The lowest BCUT2D eigenvalue weighted by Crippen LogP contribution is -2.45. The molecule has 1 atom stereocenters. The highest BCUT2D eigenvalue weighted by Crippen LogP contribution is 2.31. The van der Waals surface area contributed by atoms with Crippen molar-refractivity contribution in [3.05, 3.63) is 24.3 Å². The molecule has 0 aliphatic carbocycles. The van der Waals surface area contributed by atoms with Crippen molar-refractivity contribution >= 4 is 11.6 Å². The van der Waals surface area contributed by atoms with Gasteiger partial charge in [-0.1, -0.05) is 12.1 Å². The summed E-state index contributed by atoms with van der Waals surface area (Å²) in [6, 6.07) is 7.05. The van der Waals surface area contributed by atoms with E-state index >= 15 is 0 Å². The third kappa shape index (κ3) is 5.23. The summed E-state index contributed by atoms with van der Waals surface area (Å²) in [5.74, 6) is 0.909. The fraction of sp³-hybridized carbons (Fsp3) is 0.562. The molecule has 1 aromatic carbocycles. The van der Waals surface area contributed by atoms with Crippen molar-refractivity contribution in [3.8, 4) is 5.75 Å². The van der Waals surface area contributed by atoms with E-state index in [9.17, 15) is 8.78 Å². The lowest BCUT2D eigenvalue weighted by Gasteiger charge is -2.22. The van der Waals surface area contributed by atoms with Gasteiger partial charge in [0.25, 0.3) is 0 Å². The highest BCUT2D eigenvalue weighted by atomic mass is 19.3. The number of nitrogens with zero attached hydrogens (tertiary/aromatic N) is 2. The molecule has 2 rings (SSSR count). The molecule has 0 saturated carbocycles. The third-order valence-corrected chi connectivity index (χ3v) is 3.77. The van der Waals surface area contributed by atoms with Gasteiger partial charge < -0.3 is 25.0 Å². The van der Waals surface area contributed by atoms with Crippen LogP contribution < -0.4 is 20.3 Å². The van der Waals surface area contributed by atoms with Crippen molar-refractivity contribution in [1.29, 1.82) is 0 Å². The molecule has 8 heteroatoms. The van der Waals surface area contributed by atoms with Gasteiger partial charge in [-0.15, -0.1) is 0 Å². The van der Waals surface area contributed by atoms with E-state index in [4.69, 9.17) is 4.74 Å². The molecule has 1 heterocycles. The van der Waals surface area contributed by atoms with Gasteiger partial charge >= 0.3 is 6.61 Å². The van der Waals surface area contributed by atoms with Gasteiger partial charge in [-0.05, 0) is 18.6 Å². The van der Waals surface area contributed by atoms with Crippen molar-refractivity contribution in [2.45, 2.75) is 19.1 Å². The summed E-state index contributed by atoms with van der Waals surface area (Å²) in [5, 5.41) is 6.50. The number of ether oxygens (including phenoxy) is 2. The van der Waals surface area contributed by atoms with Gasteiger partial charge in [0.1, 0.15) is 5.75 Å². The van der Waals surface area contributed by atoms with Gasteiger partial charge in [-0.25, -0.2) is 0 Å². The molecule has 0 amide bonds. The maximum Gasteiger partial charge on any atom is 0.387 e. The molecule has 1 aliphatic rings. The average Bonchev–Trinajstić information content (AvgIpc) is 3.02. The number of rotatable bonds is 7. The Bertz CT molecular complexity index is 543. The second kappa shape index (κ2) is 9.27. The smallest absolute Gasteiger partial charge is 0.387 e.